The third-order valence-electron chi connectivity index (χ3n) is 4.66. The maximum Gasteiger partial charge on any atom is 0.138 e. The molecule has 0 saturated heterocycles. The van der Waals surface area contributed by atoms with Crippen molar-refractivity contribution in [3.63, 3.8) is 0 Å². The highest BCUT2D eigenvalue weighted by Crippen LogP contribution is 2.36. The molecular formula is C18H22O7. The molecule has 0 radical (unpaired) electrons. The molecule has 0 amide bonds. The van der Waals surface area contributed by atoms with Gasteiger partial charge in [0.2, 0.25) is 0 Å². The summed E-state index contributed by atoms with van der Waals surface area (Å²) in [6.45, 7) is 3.10. The molecule has 5 N–H and O–H groups in total. The van der Waals surface area contributed by atoms with Gasteiger partial charge in [-0.3, -0.25) is 0 Å². The first-order chi connectivity index (χ1) is 11.9. The Labute approximate surface area is 145 Å². The van der Waals surface area contributed by atoms with E-state index >= 15 is 0 Å². The minimum atomic E-state index is -1.43. The standard InChI is InChI=1S/C18H22O7/c1-9-2-3-10-4-11(7-19)14(6-13(10)24-9)25-15-5-12(8-20)16(21)18(23)17(15)22/h2-4,6,12,15-23H,1,5,7-8H2. The molecule has 0 bridgehead atoms. The average Bonchev–Trinajstić information content (AvgIpc) is 2.61. The summed E-state index contributed by atoms with van der Waals surface area (Å²) >= 11 is 0. The Balaban J connectivity index is 1.88. The second-order valence-corrected chi connectivity index (χ2v) is 6.36. The summed E-state index contributed by atoms with van der Waals surface area (Å²) in [5.74, 6) is 0.655. The third-order valence-corrected chi connectivity index (χ3v) is 4.66. The average molecular weight is 350 g/mol. The molecule has 0 spiro atoms. The number of ether oxygens (including phenoxy) is 2. The number of rotatable bonds is 4. The summed E-state index contributed by atoms with van der Waals surface area (Å²) in [5, 5.41) is 49.0. The van der Waals surface area contributed by atoms with Gasteiger partial charge >= 0.3 is 0 Å². The number of benzene rings is 1. The normalized spacial score (nSPS) is 31.4. The highest BCUT2D eigenvalue weighted by molar-refractivity contribution is 5.65. The van der Waals surface area contributed by atoms with Crippen molar-refractivity contribution in [3.05, 3.63) is 41.7 Å². The van der Waals surface area contributed by atoms with Crippen LogP contribution in [-0.4, -0.2) is 56.6 Å². The molecule has 0 aromatic heterocycles. The van der Waals surface area contributed by atoms with Gasteiger partial charge in [0.05, 0.1) is 12.7 Å². The summed E-state index contributed by atoms with van der Waals surface area (Å²) in [6.07, 6.45) is -1.15. The Kier molecular flexibility index (Phi) is 5.12. The molecule has 3 rings (SSSR count). The quantitative estimate of drug-likeness (QED) is 0.516. The maximum absolute atomic E-state index is 10.2. The van der Waals surface area contributed by atoms with Gasteiger partial charge in [-0.15, -0.1) is 0 Å². The fourth-order valence-corrected chi connectivity index (χ4v) is 3.18. The lowest BCUT2D eigenvalue weighted by Crippen LogP contribution is -2.56. The molecule has 1 heterocycles. The highest BCUT2D eigenvalue weighted by atomic mass is 16.5. The molecule has 5 atom stereocenters. The first kappa shape index (κ1) is 17.9. The zero-order valence-corrected chi connectivity index (χ0v) is 13.6. The molecule has 1 aliphatic heterocycles. The van der Waals surface area contributed by atoms with Crippen molar-refractivity contribution in [2.45, 2.75) is 37.4 Å². The van der Waals surface area contributed by atoms with Crippen molar-refractivity contribution in [1.82, 2.24) is 0 Å². The van der Waals surface area contributed by atoms with Crippen LogP contribution in [0.4, 0.5) is 0 Å². The third kappa shape index (κ3) is 3.42. The van der Waals surface area contributed by atoms with Crippen molar-refractivity contribution >= 4 is 6.08 Å². The Morgan fingerprint density at radius 3 is 2.52 bits per heavy atom. The van der Waals surface area contributed by atoms with Gasteiger partial charge in [-0.25, -0.2) is 0 Å². The van der Waals surface area contributed by atoms with Crippen LogP contribution in [-0.2, 0) is 6.61 Å². The molecule has 1 aromatic carbocycles. The van der Waals surface area contributed by atoms with Gasteiger partial charge in [-0.1, -0.05) is 6.58 Å². The van der Waals surface area contributed by atoms with Crippen molar-refractivity contribution in [2.75, 3.05) is 6.61 Å². The first-order valence-electron chi connectivity index (χ1n) is 8.09. The largest absolute Gasteiger partial charge is 0.487 e. The minimum Gasteiger partial charge on any atom is -0.487 e. The Bertz CT molecular complexity index is 682. The number of fused-ring (bicyclic) bond motifs is 1. The van der Waals surface area contributed by atoms with E-state index in [2.05, 4.69) is 6.58 Å². The van der Waals surface area contributed by atoms with Crippen LogP contribution in [0.15, 0.2) is 30.5 Å². The topological polar surface area (TPSA) is 120 Å². The van der Waals surface area contributed by atoms with Gasteiger partial charge in [0.1, 0.15) is 35.6 Å². The van der Waals surface area contributed by atoms with E-state index in [1.807, 2.05) is 6.08 Å². The van der Waals surface area contributed by atoms with Crippen molar-refractivity contribution in [1.29, 1.82) is 0 Å². The summed E-state index contributed by atoms with van der Waals surface area (Å²) in [7, 11) is 0. The zero-order chi connectivity index (χ0) is 18.1. The Hall–Kier alpha value is -1.90. The van der Waals surface area contributed by atoms with Crippen LogP contribution in [0.2, 0.25) is 0 Å². The van der Waals surface area contributed by atoms with Crippen LogP contribution < -0.4 is 9.47 Å². The van der Waals surface area contributed by atoms with E-state index < -0.39 is 30.3 Å². The molecule has 2 aliphatic rings. The van der Waals surface area contributed by atoms with Crippen molar-refractivity contribution in [3.8, 4) is 11.5 Å². The molecule has 1 aliphatic carbocycles. The summed E-state index contributed by atoms with van der Waals surface area (Å²) in [4.78, 5) is 0. The van der Waals surface area contributed by atoms with Crippen LogP contribution in [0.3, 0.4) is 0 Å². The van der Waals surface area contributed by atoms with Gasteiger partial charge in [0.25, 0.3) is 0 Å². The lowest BCUT2D eigenvalue weighted by molar-refractivity contribution is -0.157. The lowest BCUT2D eigenvalue weighted by Gasteiger charge is -2.40. The molecule has 136 valence electrons. The van der Waals surface area contributed by atoms with Gasteiger partial charge < -0.3 is 35.0 Å². The lowest BCUT2D eigenvalue weighted by atomic mass is 9.81. The Morgan fingerprint density at radius 1 is 1.08 bits per heavy atom. The van der Waals surface area contributed by atoms with E-state index in [1.54, 1.807) is 18.2 Å². The van der Waals surface area contributed by atoms with Crippen LogP contribution in [0.1, 0.15) is 17.5 Å². The maximum atomic E-state index is 10.2. The number of aliphatic hydroxyl groups excluding tert-OH is 5. The molecule has 25 heavy (non-hydrogen) atoms. The van der Waals surface area contributed by atoms with Gasteiger partial charge in [-0.05, 0) is 24.6 Å². The molecule has 7 nitrogen and oxygen atoms in total. The molecule has 1 saturated carbocycles. The van der Waals surface area contributed by atoms with E-state index in [-0.39, 0.29) is 19.6 Å². The van der Waals surface area contributed by atoms with E-state index in [9.17, 15) is 25.5 Å². The van der Waals surface area contributed by atoms with E-state index in [4.69, 9.17) is 9.47 Å². The fraction of sp³-hybridized carbons (Fsp3) is 0.444. The molecule has 1 aromatic rings. The molecule has 1 fully saturated rings. The molecule has 7 heteroatoms. The zero-order valence-electron chi connectivity index (χ0n) is 13.6. The second-order valence-electron chi connectivity index (χ2n) is 6.36. The summed E-state index contributed by atoms with van der Waals surface area (Å²) in [5.41, 5.74) is 1.25. The predicted molar refractivity (Wildman–Crippen MR) is 88.8 cm³/mol. The minimum absolute atomic E-state index is 0.158. The SMILES string of the molecule is C=C1C=Cc2cc(CO)c(OC3CC(CO)C(O)C(O)C3O)cc2O1. The van der Waals surface area contributed by atoms with Gasteiger partial charge in [0.15, 0.2) is 0 Å². The van der Waals surface area contributed by atoms with Crippen molar-refractivity contribution in [2.24, 2.45) is 5.92 Å². The first-order valence-corrected chi connectivity index (χ1v) is 8.09. The van der Waals surface area contributed by atoms with Crippen molar-refractivity contribution < 1.29 is 35.0 Å². The van der Waals surface area contributed by atoms with E-state index in [0.717, 1.165) is 5.56 Å². The molecule has 5 unspecified atom stereocenters. The number of allylic oxidation sites excluding steroid dienone is 1. The van der Waals surface area contributed by atoms with Gasteiger partial charge in [0, 0.05) is 29.7 Å². The number of aliphatic hydroxyl groups is 5. The van der Waals surface area contributed by atoms with E-state index in [0.29, 0.717) is 22.8 Å². The van der Waals surface area contributed by atoms with Crippen LogP contribution in [0.25, 0.3) is 6.08 Å². The highest BCUT2D eigenvalue weighted by Gasteiger charge is 2.43. The van der Waals surface area contributed by atoms with Crippen LogP contribution in [0.5, 0.6) is 11.5 Å². The van der Waals surface area contributed by atoms with Gasteiger partial charge in [-0.2, -0.15) is 0 Å². The second kappa shape index (κ2) is 7.15. The Morgan fingerprint density at radius 2 is 1.84 bits per heavy atom. The summed E-state index contributed by atoms with van der Waals surface area (Å²) in [6, 6.07) is 3.30. The van der Waals surface area contributed by atoms with E-state index in [1.165, 1.54) is 0 Å². The molecular weight excluding hydrogens is 328 g/mol. The smallest absolute Gasteiger partial charge is 0.138 e. The van der Waals surface area contributed by atoms with Crippen LogP contribution in [0, 0.1) is 5.92 Å². The predicted octanol–water partition coefficient (Wildman–Crippen LogP) is -0.0595. The fourth-order valence-electron chi connectivity index (χ4n) is 3.18. The number of hydrogen-bond donors (Lipinski definition) is 5. The number of hydrogen-bond acceptors (Lipinski definition) is 7. The van der Waals surface area contributed by atoms with Crippen LogP contribution >= 0.6 is 0 Å². The monoisotopic (exact) mass is 350 g/mol. The summed E-state index contributed by atoms with van der Waals surface area (Å²) < 4.78 is 11.3.